The maximum absolute atomic E-state index is 11.3. The molecule has 0 spiro atoms. The van der Waals surface area contributed by atoms with E-state index >= 15 is 0 Å². The van der Waals surface area contributed by atoms with Gasteiger partial charge in [0, 0.05) is 6.04 Å². The van der Waals surface area contributed by atoms with Gasteiger partial charge in [-0.1, -0.05) is 13.0 Å². The molecule has 0 aromatic heterocycles. The van der Waals surface area contributed by atoms with E-state index in [4.69, 9.17) is 5.11 Å². The minimum Gasteiger partial charge on any atom is -0.480 e. The zero-order valence-electron chi connectivity index (χ0n) is 9.12. The number of carbonyl (C=O) groups excluding carboxylic acids is 1. The molecule has 0 aromatic carbocycles. The molecule has 1 unspecified atom stereocenters. The van der Waals surface area contributed by atoms with E-state index in [0.29, 0.717) is 12.8 Å². The molecular formula is C10H18N2O3. The zero-order chi connectivity index (χ0) is 11.8. The van der Waals surface area contributed by atoms with Crippen LogP contribution in [0.3, 0.4) is 0 Å². The van der Waals surface area contributed by atoms with Crippen LogP contribution >= 0.6 is 0 Å². The summed E-state index contributed by atoms with van der Waals surface area (Å²) in [4.78, 5) is 21.9. The van der Waals surface area contributed by atoms with Crippen molar-refractivity contribution in [1.29, 1.82) is 0 Å². The SMILES string of the molecule is C=CCC(C)NC(=O)N[C@H](CC)C(=O)O. The van der Waals surface area contributed by atoms with Crippen LogP contribution in [0.4, 0.5) is 4.79 Å². The summed E-state index contributed by atoms with van der Waals surface area (Å²) in [5.41, 5.74) is 0. The third kappa shape index (κ3) is 5.72. The summed E-state index contributed by atoms with van der Waals surface area (Å²) in [7, 11) is 0. The Kier molecular flexibility index (Phi) is 6.17. The van der Waals surface area contributed by atoms with E-state index < -0.39 is 18.0 Å². The smallest absolute Gasteiger partial charge is 0.326 e. The fourth-order valence-corrected chi connectivity index (χ4v) is 1.07. The Morgan fingerprint density at radius 1 is 1.47 bits per heavy atom. The summed E-state index contributed by atoms with van der Waals surface area (Å²) in [6.45, 7) is 7.07. The molecule has 15 heavy (non-hydrogen) atoms. The maximum atomic E-state index is 11.3. The van der Waals surface area contributed by atoms with Crippen molar-refractivity contribution in [2.75, 3.05) is 0 Å². The molecule has 0 bridgehead atoms. The van der Waals surface area contributed by atoms with E-state index in [0.717, 1.165) is 0 Å². The predicted molar refractivity (Wildman–Crippen MR) is 57.7 cm³/mol. The third-order valence-electron chi connectivity index (χ3n) is 1.91. The highest BCUT2D eigenvalue weighted by Crippen LogP contribution is 1.93. The highest BCUT2D eigenvalue weighted by atomic mass is 16.4. The largest absolute Gasteiger partial charge is 0.480 e. The van der Waals surface area contributed by atoms with Crippen molar-refractivity contribution in [3.63, 3.8) is 0 Å². The number of hydrogen-bond acceptors (Lipinski definition) is 2. The summed E-state index contributed by atoms with van der Waals surface area (Å²) in [6, 6.07) is -1.34. The van der Waals surface area contributed by atoms with Crippen molar-refractivity contribution in [2.24, 2.45) is 0 Å². The van der Waals surface area contributed by atoms with E-state index in [1.165, 1.54) is 0 Å². The van der Waals surface area contributed by atoms with Crippen molar-refractivity contribution in [1.82, 2.24) is 10.6 Å². The molecule has 2 amide bonds. The highest BCUT2D eigenvalue weighted by molar-refractivity contribution is 5.82. The van der Waals surface area contributed by atoms with Crippen molar-refractivity contribution < 1.29 is 14.7 Å². The summed E-state index contributed by atoms with van der Waals surface area (Å²) in [5, 5.41) is 13.7. The average molecular weight is 214 g/mol. The normalized spacial score (nSPS) is 13.7. The number of aliphatic carboxylic acids is 1. The molecule has 0 radical (unpaired) electrons. The molecule has 5 heteroatoms. The molecule has 0 saturated carbocycles. The third-order valence-corrected chi connectivity index (χ3v) is 1.91. The number of amides is 2. The summed E-state index contributed by atoms with van der Waals surface area (Å²) >= 11 is 0. The number of rotatable bonds is 6. The number of carbonyl (C=O) groups is 2. The minimum absolute atomic E-state index is 0.0474. The molecular weight excluding hydrogens is 196 g/mol. The number of urea groups is 1. The van der Waals surface area contributed by atoms with E-state index in [1.807, 2.05) is 6.92 Å². The Morgan fingerprint density at radius 3 is 2.47 bits per heavy atom. The van der Waals surface area contributed by atoms with Gasteiger partial charge in [0.2, 0.25) is 0 Å². The predicted octanol–water partition coefficient (Wildman–Crippen LogP) is 1.11. The molecule has 0 saturated heterocycles. The molecule has 0 heterocycles. The minimum atomic E-state index is -1.02. The molecule has 5 nitrogen and oxygen atoms in total. The maximum Gasteiger partial charge on any atom is 0.326 e. The second-order valence-corrected chi connectivity index (χ2v) is 3.34. The second-order valence-electron chi connectivity index (χ2n) is 3.34. The fraction of sp³-hybridized carbons (Fsp3) is 0.600. The molecule has 0 rings (SSSR count). The molecule has 2 atom stereocenters. The Morgan fingerprint density at radius 2 is 2.07 bits per heavy atom. The summed E-state index contributed by atoms with van der Waals surface area (Å²) < 4.78 is 0. The first-order valence-electron chi connectivity index (χ1n) is 4.92. The van der Waals surface area contributed by atoms with Gasteiger partial charge in [-0.2, -0.15) is 0 Å². The van der Waals surface area contributed by atoms with Gasteiger partial charge in [-0.15, -0.1) is 6.58 Å². The Balaban J connectivity index is 4.01. The van der Waals surface area contributed by atoms with Gasteiger partial charge in [0.15, 0.2) is 0 Å². The van der Waals surface area contributed by atoms with Crippen LogP contribution < -0.4 is 10.6 Å². The van der Waals surface area contributed by atoms with Crippen LogP contribution in [-0.4, -0.2) is 29.2 Å². The quantitative estimate of drug-likeness (QED) is 0.579. The van der Waals surface area contributed by atoms with Crippen molar-refractivity contribution in [3.8, 4) is 0 Å². The second kappa shape index (κ2) is 6.86. The van der Waals surface area contributed by atoms with Gasteiger partial charge in [0.1, 0.15) is 6.04 Å². The van der Waals surface area contributed by atoms with Gasteiger partial charge in [0.25, 0.3) is 0 Å². The first-order chi connectivity index (χ1) is 7.01. The van der Waals surface area contributed by atoms with Gasteiger partial charge in [-0.3, -0.25) is 0 Å². The molecule has 0 fully saturated rings. The van der Waals surface area contributed by atoms with Crippen LogP contribution in [0.1, 0.15) is 26.7 Å². The first-order valence-corrected chi connectivity index (χ1v) is 4.92. The van der Waals surface area contributed by atoms with Crippen molar-refractivity contribution in [3.05, 3.63) is 12.7 Å². The zero-order valence-corrected chi connectivity index (χ0v) is 9.12. The number of carboxylic acids is 1. The van der Waals surface area contributed by atoms with Gasteiger partial charge in [-0.05, 0) is 19.8 Å². The summed E-state index contributed by atoms with van der Waals surface area (Å²) in [6.07, 6.45) is 2.70. The van der Waals surface area contributed by atoms with Crippen LogP contribution in [0.2, 0.25) is 0 Å². The Bertz CT molecular complexity index is 241. The van der Waals surface area contributed by atoms with E-state index in [9.17, 15) is 9.59 Å². The van der Waals surface area contributed by atoms with Gasteiger partial charge < -0.3 is 15.7 Å². The van der Waals surface area contributed by atoms with Crippen LogP contribution in [-0.2, 0) is 4.79 Å². The van der Waals surface area contributed by atoms with E-state index in [1.54, 1.807) is 13.0 Å². The van der Waals surface area contributed by atoms with Crippen molar-refractivity contribution in [2.45, 2.75) is 38.8 Å². The standard InChI is InChI=1S/C10H18N2O3/c1-4-6-7(3)11-10(15)12-8(5-2)9(13)14/h4,7-8H,1,5-6H2,2-3H3,(H,13,14)(H2,11,12,15)/t7?,8-/m1/s1. The number of carboxylic acid groups (broad SMARTS) is 1. The lowest BCUT2D eigenvalue weighted by atomic mass is 10.2. The molecule has 0 aliphatic heterocycles. The first kappa shape index (κ1) is 13.5. The van der Waals surface area contributed by atoms with Crippen LogP contribution in [0, 0.1) is 0 Å². The van der Waals surface area contributed by atoms with Crippen LogP contribution in [0.25, 0.3) is 0 Å². The van der Waals surface area contributed by atoms with Crippen LogP contribution in [0.5, 0.6) is 0 Å². The molecule has 86 valence electrons. The van der Waals surface area contributed by atoms with Gasteiger partial charge in [0.05, 0.1) is 0 Å². The summed E-state index contributed by atoms with van der Waals surface area (Å²) in [5.74, 6) is -1.02. The molecule has 3 N–H and O–H groups in total. The monoisotopic (exact) mass is 214 g/mol. The number of nitrogens with one attached hydrogen (secondary N) is 2. The highest BCUT2D eigenvalue weighted by Gasteiger charge is 2.17. The van der Waals surface area contributed by atoms with Crippen LogP contribution in [0.15, 0.2) is 12.7 Å². The Labute approximate surface area is 89.6 Å². The van der Waals surface area contributed by atoms with Crippen molar-refractivity contribution >= 4 is 12.0 Å². The topological polar surface area (TPSA) is 78.4 Å². The van der Waals surface area contributed by atoms with E-state index in [-0.39, 0.29) is 6.04 Å². The van der Waals surface area contributed by atoms with Gasteiger partial charge >= 0.3 is 12.0 Å². The molecule has 0 aliphatic rings. The fourth-order valence-electron chi connectivity index (χ4n) is 1.07. The van der Waals surface area contributed by atoms with E-state index in [2.05, 4.69) is 17.2 Å². The lowest BCUT2D eigenvalue weighted by Crippen LogP contribution is -2.48. The molecule has 0 aromatic rings. The lowest BCUT2D eigenvalue weighted by Gasteiger charge is -2.16. The van der Waals surface area contributed by atoms with Gasteiger partial charge in [-0.25, -0.2) is 9.59 Å². The Hall–Kier alpha value is -1.52. The number of hydrogen-bond donors (Lipinski definition) is 3. The average Bonchev–Trinajstić information content (AvgIpc) is 2.13. The lowest BCUT2D eigenvalue weighted by molar-refractivity contribution is -0.139. The molecule has 0 aliphatic carbocycles.